The molecule has 2 aliphatic heterocycles. The quantitative estimate of drug-likeness (QED) is 0.917. The molecule has 0 spiro atoms. The van der Waals surface area contributed by atoms with Crippen LogP contribution in [0.4, 0.5) is 5.82 Å². The van der Waals surface area contributed by atoms with E-state index in [-0.39, 0.29) is 0 Å². The second-order valence-corrected chi connectivity index (χ2v) is 5.56. The molecule has 0 saturated carbocycles. The highest BCUT2D eigenvalue weighted by molar-refractivity contribution is 5.36. The van der Waals surface area contributed by atoms with Gasteiger partial charge in [0.2, 0.25) is 0 Å². The smallest absolute Gasteiger partial charge is 0.151 e. The molecule has 5 nitrogen and oxygen atoms in total. The van der Waals surface area contributed by atoms with Crippen LogP contribution in [0.5, 0.6) is 0 Å². The van der Waals surface area contributed by atoms with Crippen LogP contribution in [0, 0.1) is 5.92 Å². The van der Waals surface area contributed by atoms with Gasteiger partial charge in [0.25, 0.3) is 0 Å². The maximum Gasteiger partial charge on any atom is 0.151 e. The summed E-state index contributed by atoms with van der Waals surface area (Å²) in [5, 5.41) is 11.6. The maximum absolute atomic E-state index is 4.19. The summed E-state index contributed by atoms with van der Waals surface area (Å²) in [6, 6.07) is 4.01. The summed E-state index contributed by atoms with van der Waals surface area (Å²) in [7, 11) is 0. The molecule has 0 aliphatic carbocycles. The van der Waals surface area contributed by atoms with Gasteiger partial charge in [0, 0.05) is 38.9 Å². The number of nitrogens with zero attached hydrogens (tertiary/aromatic N) is 4. The second-order valence-electron chi connectivity index (χ2n) is 5.56. The van der Waals surface area contributed by atoms with E-state index in [4.69, 9.17) is 0 Å². The minimum Gasteiger partial charge on any atom is -0.353 e. The maximum atomic E-state index is 4.19. The van der Waals surface area contributed by atoms with Crippen molar-refractivity contribution in [1.29, 1.82) is 0 Å². The Hall–Kier alpha value is -1.20. The van der Waals surface area contributed by atoms with E-state index >= 15 is 0 Å². The number of aromatic nitrogens is 2. The van der Waals surface area contributed by atoms with E-state index in [0.717, 1.165) is 37.9 Å². The molecule has 3 heterocycles. The molecule has 5 heteroatoms. The van der Waals surface area contributed by atoms with Crippen molar-refractivity contribution < 1.29 is 0 Å². The molecular formula is C16H29N5. The highest BCUT2D eigenvalue weighted by Crippen LogP contribution is 2.16. The van der Waals surface area contributed by atoms with Crippen molar-refractivity contribution in [1.82, 2.24) is 20.4 Å². The first-order valence-electron chi connectivity index (χ1n) is 8.37. The SMILES string of the molecule is CC.c1cnnc(N2CCN(CC3CCNCC3)CC2)c1. The van der Waals surface area contributed by atoms with Gasteiger partial charge in [0.1, 0.15) is 0 Å². The van der Waals surface area contributed by atoms with Crippen molar-refractivity contribution >= 4 is 5.82 Å². The van der Waals surface area contributed by atoms with Gasteiger partial charge in [-0.3, -0.25) is 4.90 Å². The fourth-order valence-electron chi connectivity index (χ4n) is 3.05. The lowest BCUT2D eigenvalue weighted by molar-refractivity contribution is 0.196. The molecule has 118 valence electrons. The van der Waals surface area contributed by atoms with Crippen molar-refractivity contribution in [3.05, 3.63) is 18.3 Å². The zero-order valence-electron chi connectivity index (χ0n) is 13.5. The highest BCUT2D eigenvalue weighted by Gasteiger charge is 2.21. The zero-order chi connectivity index (χ0) is 14.9. The summed E-state index contributed by atoms with van der Waals surface area (Å²) < 4.78 is 0. The minimum atomic E-state index is 0.893. The van der Waals surface area contributed by atoms with Crippen LogP contribution in [0.1, 0.15) is 26.7 Å². The fourth-order valence-corrected chi connectivity index (χ4v) is 3.05. The number of hydrogen-bond donors (Lipinski definition) is 1. The zero-order valence-corrected chi connectivity index (χ0v) is 13.5. The van der Waals surface area contributed by atoms with Gasteiger partial charge in [-0.15, -0.1) is 5.10 Å². The molecule has 3 rings (SSSR count). The number of rotatable bonds is 3. The number of anilines is 1. The van der Waals surface area contributed by atoms with Crippen LogP contribution in [-0.4, -0.2) is 60.9 Å². The van der Waals surface area contributed by atoms with E-state index in [9.17, 15) is 0 Å². The van der Waals surface area contributed by atoms with Gasteiger partial charge in [-0.05, 0) is 44.0 Å². The lowest BCUT2D eigenvalue weighted by Gasteiger charge is -2.37. The monoisotopic (exact) mass is 291 g/mol. The van der Waals surface area contributed by atoms with Gasteiger partial charge < -0.3 is 10.2 Å². The standard InChI is InChI=1S/C14H23N5.C2H6/c1-2-14(17-16-5-1)19-10-8-18(9-11-19)12-13-3-6-15-7-4-13;1-2/h1-2,5,13,15H,3-4,6-12H2;1-2H3. The van der Waals surface area contributed by atoms with E-state index in [0.29, 0.717) is 0 Å². The Morgan fingerprint density at radius 2 is 1.86 bits per heavy atom. The van der Waals surface area contributed by atoms with Crippen molar-refractivity contribution in [3.63, 3.8) is 0 Å². The lowest BCUT2D eigenvalue weighted by Crippen LogP contribution is -2.48. The molecule has 0 bridgehead atoms. The van der Waals surface area contributed by atoms with Gasteiger partial charge in [-0.25, -0.2) is 0 Å². The first-order chi connectivity index (χ1) is 10.4. The molecule has 2 aliphatic rings. The van der Waals surface area contributed by atoms with Crippen LogP contribution < -0.4 is 10.2 Å². The number of piperazine rings is 1. The molecule has 0 atom stereocenters. The molecule has 2 fully saturated rings. The summed E-state index contributed by atoms with van der Waals surface area (Å²) >= 11 is 0. The molecule has 0 aromatic carbocycles. The predicted molar refractivity (Wildman–Crippen MR) is 87.6 cm³/mol. The molecule has 1 aromatic rings. The minimum absolute atomic E-state index is 0.893. The van der Waals surface area contributed by atoms with Crippen molar-refractivity contribution in [2.45, 2.75) is 26.7 Å². The summed E-state index contributed by atoms with van der Waals surface area (Å²) in [4.78, 5) is 4.95. The van der Waals surface area contributed by atoms with Crippen LogP contribution in [0.25, 0.3) is 0 Å². The van der Waals surface area contributed by atoms with Gasteiger partial charge >= 0.3 is 0 Å². The lowest BCUT2D eigenvalue weighted by atomic mass is 9.97. The fraction of sp³-hybridized carbons (Fsp3) is 0.750. The Morgan fingerprint density at radius 1 is 1.14 bits per heavy atom. The van der Waals surface area contributed by atoms with E-state index in [1.54, 1.807) is 6.20 Å². The Labute approximate surface area is 128 Å². The van der Waals surface area contributed by atoms with Crippen molar-refractivity contribution in [3.8, 4) is 0 Å². The van der Waals surface area contributed by atoms with Gasteiger partial charge in [-0.1, -0.05) is 13.8 Å². The van der Waals surface area contributed by atoms with Crippen LogP contribution in [0.2, 0.25) is 0 Å². The molecule has 0 radical (unpaired) electrons. The Morgan fingerprint density at radius 3 is 2.48 bits per heavy atom. The summed E-state index contributed by atoms with van der Waals surface area (Å²) in [6.07, 6.45) is 4.41. The first-order valence-corrected chi connectivity index (χ1v) is 8.37. The van der Waals surface area contributed by atoms with E-state index in [2.05, 4.69) is 31.4 Å². The number of nitrogens with one attached hydrogen (secondary N) is 1. The van der Waals surface area contributed by atoms with E-state index < -0.39 is 0 Å². The Bertz CT molecular complexity index is 370. The van der Waals surface area contributed by atoms with Crippen LogP contribution in [0.15, 0.2) is 18.3 Å². The summed E-state index contributed by atoms with van der Waals surface area (Å²) in [5.41, 5.74) is 0. The normalized spacial score (nSPS) is 20.8. The highest BCUT2D eigenvalue weighted by atomic mass is 15.3. The third-order valence-electron chi connectivity index (χ3n) is 4.23. The van der Waals surface area contributed by atoms with E-state index in [1.165, 1.54) is 32.5 Å². The average molecular weight is 291 g/mol. The molecule has 0 amide bonds. The van der Waals surface area contributed by atoms with Crippen LogP contribution in [0.3, 0.4) is 0 Å². The molecule has 21 heavy (non-hydrogen) atoms. The molecular weight excluding hydrogens is 262 g/mol. The molecule has 2 saturated heterocycles. The third-order valence-corrected chi connectivity index (χ3v) is 4.23. The Kier molecular flexibility index (Phi) is 6.89. The molecule has 1 N–H and O–H groups in total. The van der Waals surface area contributed by atoms with E-state index in [1.807, 2.05) is 19.9 Å². The third kappa shape index (κ3) is 4.93. The van der Waals surface area contributed by atoms with Gasteiger partial charge in [0.15, 0.2) is 5.82 Å². The van der Waals surface area contributed by atoms with Crippen molar-refractivity contribution in [2.75, 3.05) is 50.7 Å². The number of piperidine rings is 1. The second kappa shape index (κ2) is 8.95. The summed E-state index contributed by atoms with van der Waals surface area (Å²) in [6.45, 7) is 12.1. The van der Waals surface area contributed by atoms with Gasteiger partial charge in [-0.2, -0.15) is 5.10 Å². The summed E-state index contributed by atoms with van der Waals surface area (Å²) in [5.74, 6) is 1.91. The number of hydrogen-bond acceptors (Lipinski definition) is 5. The largest absolute Gasteiger partial charge is 0.353 e. The molecule has 0 unspecified atom stereocenters. The first kappa shape index (κ1) is 16.2. The van der Waals surface area contributed by atoms with Crippen LogP contribution in [-0.2, 0) is 0 Å². The topological polar surface area (TPSA) is 44.3 Å². The van der Waals surface area contributed by atoms with Crippen molar-refractivity contribution in [2.24, 2.45) is 5.92 Å². The average Bonchev–Trinajstić information content (AvgIpc) is 2.59. The predicted octanol–water partition coefficient (Wildman–Crippen LogP) is 1.62. The van der Waals surface area contributed by atoms with Crippen LogP contribution >= 0.6 is 0 Å². The Balaban J connectivity index is 0.000000774. The molecule has 1 aromatic heterocycles. The van der Waals surface area contributed by atoms with Gasteiger partial charge in [0.05, 0.1) is 0 Å².